The van der Waals surface area contributed by atoms with Gasteiger partial charge in [-0.3, -0.25) is 0 Å². The van der Waals surface area contributed by atoms with Crippen LogP contribution in [0.15, 0.2) is 0 Å². The number of aliphatic hydroxyl groups excluding tert-OH is 2. The Bertz CT molecular complexity index is 113. The third-order valence-electron chi connectivity index (χ3n) is 2.53. The Kier molecular flexibility index (Phi) is 3.30. The van der Waals surface area contributed by atoms with Gasteiger partial charge in [0.1, 0.15) is 0 Å². The first-order valence-corrected chi connectivity index (χ1v) is 4.30. The van der Waals surface area contributed by atoms with Crippen molar-refractivity contribution in [3.05, 3.63) is 0 Å². The quantitative estimate of drug-likeness (QED) is 0.537. The third-order valence-corrected chi connectivity index (χ3v) is 2.53. The van der Waals surface area contributed by atoms with Crippen LogP contribution in [0.4, 0.5) is 0 Å². The molecule has 0 saturated heterocycles. The number of rotatable bonds is 3. The SMILES string of the molecule is NC(CO)C(O)C1CCCC1. The molecule has 1 rings (SSSR count). The average Bonchev–Trinajstić information content (AvgIpc) is 2.53. The summed E-state index contributed by atoms with van der Waals surface area (Å²) in [5.74, 6) is 0.331. The summed E-state index contributed by atoms with van der Waals surface area (Å²) < 4.78 is 0. The monoisotopic (exact) mass is 159 g/mol. The van der Waals surface area contributed by atoms with E-state index >= 15 is 0 Å². The van der Waals surface area contributed by atoms with E-state index in [1.165, 1.54) is 12.8 Å². The maximum Gasteiger partial charge on any atom is 0.0741 e. The zero-order valence-electron chi connectivity index (χ0n) is 6.74. The van der Waals surface area contributed by atoms with Gasteiger partial charge in [0.2, 0.25) is 0 Å². The Morgan fingerprint density at radius 1 is 1.36 bits per heavy atom. The second-order valence-electron chi connectivity index (χ2n) is 3.38. The van der Waals surface area contributed by atoms with Gasteiger partial charge in [-0.1, -0.05) is 12.8 Å². The van der Waals surface area contributed by atoms with Crippen molar-refractivity contribution in [1.29, 1.82) is 0 Å². The van der Waals surface area contributed by atoms with E-state index in [0.717, 1.165) is 12.8 Å². The van der Waals surface area contributed by atoms with Crippen LogP contribution in [0.3, 0.4) is 0 Å². The Balaban J connectivity index is 2.32. The molecule has 0 aromatic carbocycles. The molecule has 3 nitrogen and oxygen atoms in total. The molecule has 0 amide bonds. The van der Waals surface area contributed by atoms with Crippen LogP contribution in [-0.4, -0.2) is 29.0 Å². The summed E-state index contributed by atoms with van der Waals surface area (Å²) in [5.41, 5.74) is 5.50. The van der Waals surface area contributed by atoms with E-state index < -0.39 is 12.1 Å². The predicted octanol–water partition coefficient (Wildman–Crippen LogP) is -0.143. The first-order valence-electron chi connectivity index (χ1n) is 4.30. The fourth-order valence-corrected chi connectivity index (χ4v) is 1.76. The van der Waals surface area contributed by atoms with Gasteiger partial charge in [-0.2, -0.15) is 0 Å². The van der Waals surface area contributed by atoms with Gasteiger partial charge in [0.05, 0.1) is 18.8 Å². The van der Waals surface area contributed by atoms with E-state index in [-0.39, 0.29) is 6.61 Å². The first-order chi connectivity index (χ1) is 5.25. The molecular weight excluding hydrogens is 142 g/mol. The van der Waals surface area contributed by atoms with Crippen molar-refractivity contribution in [3.63, 3.8) is 0 Å². The molecule has 66 valence electrons. The highest BCUT2D eigenvalue weighted by atomic mass is 16.3. The van der Waals surface area contributed by atoms with Gasteiger partial charge in [0.25, 0.3) is 0 Å². The molecule has 1 aliphatic carbocycles. The Labute approximate surface area is 67.2 Å². The second-order valence-corrected chi connectivity index (χ2v) is 3.38. The molecule has 1 fully saturated rings. The minimum Gasteiger partial charge on any atom is -0.395 e. The molecule has 11 heavy (non-hydrogen) atoms. The standard InChI is InChI=1S/C8H17NO2/c9-7(5-10)8(11)6-3-1-2-4-6/h6-8,10-11H,1-5,9H2. The molecule has 3 heteroatoms. The lowest BCUT2D eigenvalue weighted by molar-refractivity contribution is 0.0610. The summed E-state index contributed by atoms with van der Waals surface area (Å²) in [4.78, 5) is 0. The van der Waals surface area contributed by atoms with Crippen LogP contribution in [0.2, 0.25) is 0 Å². The average molecular weight is 159 g/mol. The van der Waals surface area contributed by atoms with E-state index in [1.807, 2.05) is 0 Å². The van der Waals surface area contributed by atoms with Gasteiger partial charge in [-0.05, 0) is 18.8 Å². The molecule has 2 unspecified atom stereocenters. The molecule has 0 aromatic rings. The van der Waals surface area contributed by atoms with Crippen molar-refractivity contribution in [2.45, 2.75) is 37.8 Å². The Morgan fingerprint density at radius 2 is 1.91 bits per heavy atom. The molecule has 0 bridgehead atoms. The van der Waals surface area contributed by atoms with Crippen LogP contribution in [-0.2, 0) is 0 Å². The molecule has 0 radical (unpaired) electrons. The van der Waals surface area contributed by atoms with Crippen molar-refractivity contribution in [2.75, 3.05) is 6.61 Å². The second kappa shape index (κ2) is 4.04. The molecule has 2 atom stereocenters. The van der Waals surface area contributed by atoms with E-state index in [2.05, 4.69) is 0 Å². The van der Waals surface area contributed by atoms with Crippen LogP contribution in [0, 0.1) is 5.92 Å². The van der Waals surface area contributed by atoms with Crippen LogP contribution < -0.4 is 5.73 Å². The number of hydrogen-bond donors (Lipinski definition) is 3. The predicted molar refractivity (Wildman–Crippen MR) is 43.0 cm³/mol. The lowest BCUT2D eigenvalue weighted by Gasteiger charge is -2.22. The van der Waals surface area contributed by atoms with Crippen LogP contribution in [0.1, 0.15) is 25.7 Å². The zero-order chi connectivity index (χ0) is 8.27. The van der Waals surface area contributed by atoms with Crippen LogP contribution in [0.5, 0.6) is 0 Å². The maximum atomic E-state index is 9.53. The molecule has 0 spiro atoms. The molecule has 1 saturated carbocycles. The number of aliphatic hydroxyl groups is 2. The molecule has 4 N–H and O–H groups in total. The number of hydrogen-bond acceptors (Lipinski definition) is 3. The van der Waals surface area contributed by atoms with E-state index in [1.54, 1.807) is 0 Å². The summed E-state index contributed by atoms with van der Waals surface area (Å²) in [6.07, 6.45) is 4.02. The van der Waals surface area contributed by atoms with Gasteiger partial charge < -0.3 is 15.9 Å². The van der Waals surface area contributed by atoms with Crippen molar-refractivity contribution >= 4 is 0 Å². The third kappa shape index (κ3) is 2.15. The minimum atomic E-state index is -0.498. The van der Waals surface area contributed by atoms with E-state index in [4.69, 9.17) is 10.8 Å². The Morgan fingerprint density at radius 3 is 2.36 bits per heavy atom. The number of nitrogens with two attached hydrogens (primary N) is 1. The van der Waals surface area contributed by atoms with Crippen molar-refractivity contribution in [2.24, 2.45) is 11.7 Å². The summed E-state index contributed by atoms with van der Waals surface area (Å²) in [6.45, 7) is -0.113. The van der Waals surface area contributed by atoms with Crippen molar-refractivity contribution < 1.29 is 10.2 Å². The molecule has 0 aromatic heterocycles. The lowest BCUT2D eigenvalue weighted by Crippen LogP contribution is -2.41. The Hall–Kier alpha value is -0.120. The van der Waals surface area contributed by atoms with Gasteiger partial charge in [-0.25, -0.2) is 0 Å². The highest BCUT2D eigenvalue weighted by Gasteiger charge is 2.27. The van der Waals surface area contributed by atoms with Crippen LogP contribution in [0.25, 0.3) is 0 Å². The van der Waals surface area contributed by atoms with Crippen LogP contribution >= 0.6 is 0 Å². The fraction of sp³-hybridized carbons (Fsp3) is 1.00. The highest BCUT2D eigenvalue weighted by Crippen LogP contribution is 2.28. The molecule has 1 aliphatic rings. The van der Waals surface area contributed by atoms with Crippen molar-refractivity contribution in [1.82, 2.24) is 0 Å². The molecule has 0 aliphatic heterocycles. The zero-order valence-corrected chi connectivity index (χ0v) is 6.74. The van der Waals surface area contributed by atoms with E-state index in [9.17, 15) is 5.11 Å². The topological polar surface area (TPSA) is 66.5 Å². The minimum absolute atomic E-state index is 0.113. The summed E-state index contributed by atoms with van der Waals surface area (Å²) >= 11 is 0. The smallest absolute Gasteiger partial charge is 0.0741 e. The molecule has 0 heterocycles. The molecular formula is C8H17NO2. The van der Waals surface area contributed by atoms with Gasteiger partial charge in [0, 0.05) is 0 Å². The lowest BCUT2D eigenvalue weighted by atomic mass is 9.96. The highest BCUT2D eigenvalue weighted by molar-refractivity contribution is 4.81. The van der Waals surface area contributed by atoms with Gasteiger partial charge in [0.15, 0.2) is 0 Å². The summed E-state index contributed by atoms with van der Waals surface area (Å²) in [6, 6.07) is -0.446. The van der Waals surface area contributed by atoms with E-state index in [0.29, 0.717) is 5.92 Å². The van der Waals surface area contributed by atoms with Crippen molar-refractivity contribution in [3.8, 4) is 0 Å². The maximum absolute atomic E-state index is 9.53. The first kappa shape index (κ1) is 8.97. The van der Waals surface area contributed by atoms with Gasteiger partial charge in [-0.15, -0.1) is 0 Å². The largest absolute Gasteiger partial charge is 0.395 e. The normalized spacial score (nSPS) is 25.4. The fourth-order valence-electron chi connectivity index (χ4n) is 1.76. The van der Waals surface area contributed by atoms with Gasteiger partial charge >= 0.3 is 0 Å². The summed E-state index contributed by atoms with van der Waals surface area (Å²) in [7, 11) is 0. The summed E-state index contributed by atoms with van der Waals surface area (Å²) in [5, 5.41) is 18.2.